The van der Waals surface area contributed by atoms with Crippen molar-refractivity contribution in [3.05, 3.63) is 52.1 Å². The lowest BCUT2D eigenvalue weighted by Gasteiger charge is -2.08. The van der Waals surface area contributed by atoms with Gasteiger partial charge in [0.2, 0.25) is 11.8 Å². The van der Waals surface area contributed by atoms with Crippen molar-refractivity contribution in [2.45, 2.75) is 31.2 Å². The van der Waals surface area contributed by atoms with Crippen molar-refractivity contribution in [1.29, 1.82) is 0 Å². The van der Waals surface area contributed by atoms with E-state index in [0.717, 1.165) is 27.1 Å². The summed E-state index contributed by atoms with van der Waals surface area (Å²) in [5, 5.41) is 2.93. The molecule has 6 heteroatoms. The second kappa shape index (κ2) is 8.72. The highest BCUT2D eigenvalue weighted by atomic mass is 79.9. The summed E-state index contributed by atoms with van der Waals surface area (Å²) in [6, 6.07) is 9.89. The van der Waals surface area contributed by atoms with Crippen molar-refractivity contribution < 1.29 is 9.53 Å². The SMILES string of the molecule is Cc1cc(Br)ccc1SCC(=O)NCc1ccc(OCC2CC2)nc1. The molecule has 4 nitrogen and oxygen atoms in total. The Hall–Kier alpha value is -1.53. The maximum atomic E-state index is 12.0. The molecule has 1 aliphatic carbocycles. The summed E-state index contributed by atoms with van der Waals surface area (Å²) < 4.78 is 6.66. The summed E-state index contributed by atoms with van der Waals surface area (Å²) >= 11 is 5.00. The molecule has 0 unspecified atom stereocenters. The number of rotatable bonds is 8. The second-order valence-electron chi connectivity index (χ2n) is 6.23. The molecule has 25 heavy (non-hydrogen) atoms. The van der Waals surface area contributed by atoms with Gasteiger partial charge < -0.3 is 10.1 Å². The predicted octanol–water partition coefficient (Wildman–Crippen LogP) is 4.35. The topological polar surface area (TPSA) is 51.2 Å². The lowest BCUT2D eigenvalue weighted by atomic mass is 10.2. The Balaban J connectivity index is 1.40. The summed E-state index contributed by atoms with van der Waals surface area (Å²) in [5.41, 5.74) is 2.13. The molecule has 1 aromatic carbocycles. The smallest absolute Gasteiger partial charge is 0.230 e. The molecular formula is C19H21BrN2O2S. The molecule has 0 bridgehead atoms. The number of amides is 1. The monoisotopic (exact) mass is 420 g/mol. The van der Waals surface area contributed by atoms with E-state index in [-0.39, 0.29) is 5.91 Å². The molecule has 132 valence electrons. The minimum Gasteiger partial charge on any atom is -0.477 e. The number of halogens is 1. The van der Waals surface area contributed by atoms with E-state index in [0.29, 0.717) is 24.1 Å². The first-order valence-electron chi connectivity index (χ1n) is 8.33. The highest BCUT2D eigenvalue weighted by molar-refractivity contribution is 9.10. The van der Waals surface area contributed by atoms with Gasteiger partial charge >= 0.3 is 0 Å². The number of pyridine rings is 1. The van der Waals surface area contributed by atoms with E-state index in [1.165, 1.54) is 12.8 Å². The Labute approximate surface area is 160 Å². The standard InChI is InChI=1S/C19H21BrN2O2S/c1-13-8-16(20)5-6-17(13)25-12-18(23)21-9-15-4-7-19(22-10-15)24-11-14-2-3-14/h4-8,10,14H,2-3,9,11-12H2,1H3,(H,21,23). The van der Waals surface area contributed by atoms with Crippen LogP contribution < -0.4 is 10.1 Å². The molecular weight excluding hydrogens is 400 g/mol. The van der Waals surface area contributed by atoms with Gasteiger partial charge in [-0.25, -0.2) is 4.98 Å². The zero-order valence-corrected chi connectivity index (χ0v) is 16.5. The number of carbonyl (C=O) groups excluding carboxylic acids is 1. The van der Waals surface area contributed by atoms with Gasteiger partial charge in [-0.2, -0.15) is 0 Å². The van der Waals surface area contributed by atoms with Gasteiger partial charge in [-0.05, 0) is 55.0 Å². The second-order valence-corrected chi connectivity index (χ2v) is 8.17. The minimum atomic E-state index is 0.0152. The molecule has 0 atom stereocenters. The summed E-state index contributed by atoms with van der Waals surface area (Å²) in [7, 11) is 0. The van der Waals surface area contributed by atoms with Crippen LogP contribution in [-0.4, -0.2) is 23.3 Å². The Morgan fingerprint density at radius 1 is 1.36 bits per heavy atom. The first kappa shape index (κ1) is 18.3. The number of aryl methyl sites for hydroxylation is 1. The van der Waals surface area contributed by atoms with Gasteiger partial charge in [0.15, 0.2) is 0 Å². The molecule has 1 saturated carbocycles. The van der Waals surface area contributed by atoms with Crippen LogP contribution in [0.2, 0.25) is 0 Å². The Bertz CT molecular complexity index is 733. The first-order chi connectivity index (χ1) is 12.1. The van der Waals surface area contributed by atoms with Gasteiger partial charge in [-0.15, -0.1) is 11.8 Å². The third-order valence-electron chi connectivity index (χ3n) is 3.95. The summed E-state index contributed by atoms with van der Waals surface area (Å²) in [6.07, 6.45) is 4.29. The molecule has 2 aromatic rings. The summed E-state index contributed by atoms with van der Waals surface area (Å²) in [6.45, 7) is 3.29. The van der Waals surface area contributed by atoms with Gasteiger partial charge in [0, 0.05) is 28.2 Å². The van der Waals surface area contributed by atoms with Crippen LogP contribution in [0.4, 0.5) is 0 Å². The highest BCUT2D eigenvalue weighted by Crippen LogP contribution is 2.29. The van der Waals surface area contributed by atoms with E-state index in [1.807, 2.05) is 31.2 Å². The van der Waals surface area contributed by atoms with Crippen LogP contribution in [0.3, 0.4) is 0 Å². The van der Waals surface area contributed by atoms with Gasteiger partial charge in [0.1, 0.15) is 0 Å². The highest BCUT2D eigenvalue weighted by Gasteiger charge is 2.22. The van der Waals surface area contributed by atoms with Crippen molar-refractivity contribution in [2.75, 3.05) is 12.4 Å². The van der Waals surface area contributed by atoms with E-state index in [1.54, 1.807) is 18.0 Å². The zero-order chi connectivity index (χ0) is 17.6. The molecule has 1 aromatic heterocycles. The molecule has 1 heterocycles. The number of aromatic nitrogens is 1. The number of carbonyl (C=O) groups is 1. The third-order valence-corrected chi connectivity index (χ3v) is 5.62. The molecule has 1 aliphatic rings. The van der Waals surface area contributed by atoms with Gasteiger partial charge in [-0.1, -0.05) is 22.0 Å². The van der Waals surface area contributed by atoms with Crippen LogP contribution in [0.5, 0.6) is 5.88 Å². The lowest BCUT2D eigenvalue weighted by molar-refractivity contribution is -0.118. The number of ether oxygens (including phenoxy) is 1. The average molecular weight is 421 g/mol. The van der Waals surface area contributed by atoms with E-state index in [2.05, 4.69) is 32.3 Å². The first-order valence-corrected chi connectivity index (χ1v) is 10.1. The van der Waals surface area contributed by atoms with Crippen molar-refractivity contribution in [2.24, 2.45) is 5.92 Å². The van der Waals surface area contributed by atoms with E-state index >= 15 is 0 Å². The molecule has 0 spiro atoms. The number of hydrogen-bond donors (Lipinski definition) is 1. The van der Waals surface area contributed by atoms with Gasteiger partial charge in [-0.3, -0.25) is 4.79 Å². The Morgan fingerprint density at radius 3 is 2.88 bits per heavy atom. The van der Waals surface area contributed by atoms with Crippen LogP contribution in [-0.2, 0) is 11.3 Å². The molecule has 1 amide bonds. The number of hydrogen-bond acceptors (Lipinski definition) is 4. The zero-order valence-electron chi connectivity index (χ0n) is 14.1. The Morgan fingerprint density at radius 2 is 2.20 bits per heavy atom. The molecule has 1 N–H and O–H groups in total. The average Bonchev–Trinajstić information content (AvgIpc) is 3.43. The maximum absolute atomic E-state index is 12.0. The fourth-order valence-electron chi connectivity index (χ4n) is 2.26. The van der Waals surface area contributed by atoms with E-state index in [9.17, 15) is 4.79 Å². The van der Waals surface area contributed by atoms with E-state index in [4.69, 9.17) is 4.74 Å². The fourth-order valence-corrected chi connectivity index (χ4v) is 3.57. The van der Waals surface area contributed by atoms with Crippen LogP contribution >= 0.6 is 27.7 Å². The number of nitrogens with zero attached hydrogens (tertiary/aromatic N) is 1. The summed E-state index contributed by atoms with van der Waals surface area (Å²) in [4.78, 5) is 17.4. The van der Waals surface area contributed by atoms with E-state index < -0.39 is 0 Å². The normalized spacial score (nSPS) is 13.5. The quantitative estimate of drug-likeness (QED) is 0.644. The van der Waals surface area contributed by atoms with Crippen LogP contribution in [0.1, 0.15) is 24.0 Å². The molecule has 0 saturated heterocycles. The number of nitrogens with one attached hydrogen (secondary N) is 1. The van der Waals surface area contributed by atoms with Crippen molar-refractivity contribution in [3.63, 3.8) is 0 Å². The number of thioether (sulfide) groups is 1. The van der Waals surface area contributed by atoms with Gasteiger partial charge in [0.25, 0.3) is 0 Å². The Kier molecular flexibility index (Phi) is 6.37. The minimum absolute atomic E-state index is 0.0152. The predicted molar refractivity (Wildman–Crippen MR) is 104 cm³/mol. The van der Waals surface area contributed by atoms with Crippen LogP contribution in [0, 0.1) is 12.8 Å². The maximum Gasteiger partial charge on any atom is 0.230 e. The molecule has 0 radical (unpaired) electrons. The van der Waals surface area contributed by atoms with Crippen molar-refractivity contribution >= 4 is 33.6 Å². The molecule has 1 fully saturated rings. The van der Waals surface area contributed by atoms with Crippen LogP contribution in [0.15, 0.2) is 45.9 Å². The van der Waals surface area contributed by atoms with Crippen molar-refractivity contribution in [3.8, 4) is 5.88 Å². The van der Waals surface area contributed by atoms with Crippen LogP contribution in [0.25, 0.3) is 0 Å². The largest absolute Gasteiger partial charge is 0.477 e. The third kappa shape index (κ3) is 6.04. The lowest BCUT2D eigenvalue weighted by Crippen LogP contribution is -2.24. The molecule has 3 rings (SSSR count). The van der Waals surface area contributed by atoms with Gasteiger partial charge in [0.05, 0.1) is 12.4 Å². The summed E-state index contributed by atoms with van der Waals surface area (Å²) in [5.74, 6) is 1.79. The van der Waals surface area contributed by atoms with Crippen molar-refractivity contribution in [1.82, 2.24) is 10.3 Å². The fraction of sp³-hybridized carbons (Fsp3) is 0.368. The number of benzene rings is 1. The molecule has 0 aliphatic heterocycles.